The van der Waals surface area contributed by atoms with Crippen LogP contribution in [0.2, 0.25) is 0 Å². The summed E-state index contributed by atoms with van der Waals surface area (Å²) in [6.45, 7) is 18.0. The SMILES string of the molecule is C=CC(=C)C.CCCCC(CC)COP(=O)(O)OCC(CC)CCCC. The lowest BCUT2D eigenvalue weighted by atomic mass is 10.0. The molecule has 26 heavy (non-hydrogen) atoms. The third-order valence-corrected chi connectivity index (χ3v) is 5.33. The van der Waals surface area contributed by atoms with E-state index in [2.05, 4.69) is 40.9 Å². The van der Waals surface area contributed by atoms with Gasteiger partial charge in [-0.1, -0.05) is 91.0 Å². The Balaban J connectivity index is 0. The summed E-state index contributed by atoms with van der Waals surface area (Å²) in [5.74, 6) is 0.687. The molecule has 0 rings (SSSR count). The van der Waals surface area contributed by atoms with Crippen molar-refractivity contribution in [2.45, 2.75) is 86.0 Å². The Kier molecular flexibility index (Phi) is 19.2. The summed E-state index contributed by atoms with van der Waals surface area (Å²) in [6.07, 6.45) is 10.3. The quantitative estimate of drug-likeness (QED) is 0.235. The molecule has 2 atom stereocenters. The molecule has 156 valence electrons. The maximum atomic E-state index is 11.9. The van der Waals surface area contributed by atoms with E-state index >= 15 is 0 Å². The molecule has 0 aliphatic heterocycles. The van der Waals surface area contributed by atoms with E-state index in [1.807, 2.05) is 6.92 Å². The van der Waals surface area contributed by atoms with Gasteiger partial charge in [-0.25, -0.2) is 4.57 Å². The number of phosphoric acid groups is 1. The molecule has 0 bridgehead atoms. The van der Waals surface area contributed by atoms with Crippen molar-refractivity contribution < 1.29 is 18.5 Å². The Morgan fingerprint density at radius 1 is 1.00 bits per heavy atom. The first-order valence-corrected chi connectivity index (χ1v) is 11.6. The fourth-order valence-corrected chi connectivity index (χ4v) is 3.11. The normalized spacial score (nSPS) is 15.3. The van der Waals surface area contributed by atoms with Gasteiger partial charge < -0.3 is 4.89 Å². The second kappa shape index (κ2) is 18.0. The predicted molar refractivity (Wildman–Crippen MR) is 113 cm³/mol. The first-order valence-electron chi connectivity index (χ1n) is 10.2. The number of allylic oxidation sites excluding steroid dienone is 2. The number of phosphoric ester groups is 1. The van der Waals surface area contributed by atoms with Crippen molar-refractivity contribution in [3.05, 3.63) is 24.8 Å². The summed E-state index contributed by atoms with van der Waals surface area (Å²) in [5, 5.41) is 0. The Labute approximate surface area is 162 Å². The molecular weight excluding hydrogens is 347 g/mol. The zero-order valence-electron chi connectivity index (χ0n) is 17.8. The zero-order chi connectivity index (χ0) is 20.4. The highest BCUT2D eigenvalue weighted by Crippen LogP contribution is 2.44. The van der Waals surface area contributed by atoms with E-state index in [1.165, 1.54) is 0 Å². The number of hydrogen-bond donors (Lipinski definition) is 1. The second-order valence-electron chi connectivity index (χ2n) is 6.94. The first kappa shape index (κ1) is 27.8. The van der Waals surface area contributed by atoms with Gasteiger partial charge in [0.05, 0.1) is 13.2 Å². The summed E-state index contributed by atoms with van der Waals surface area (Å²) in [4.78, 5) is 9.77. The van der Waals surface area contributed by atoms with E-state index in [9.17, 15) is 9.46 Å². The summed E-state index contributed by atoms with van der Waals surface area (Å²) >= 11 is 0. The van der Waals surface area contributed by atoms with E-state index in [4.69, 9.17) is 9.05 Å². The third-order valence-electron chi connectivity index (χ3n) is 4.38. The molecule has 0 aromatic heterocycles. The van der Waals surface area contributed by atoms with Gasteiger partial charge in [0, 0.05) is 0 Å². The smallest absolute Gasteiger partial charge is 0.302 e. The molecular formula is C21H43O4P. The molecule has 0 radical (unpaired) electrons. The molecule has 0 amide bonds. The Morgan fingerprint density at radius 2 is 1.35 bits per heavy atom. The fraction of sp³-hybridized carbons (Fsp3) is 0.810. The lowest BCUT2D eigenvalue weighted by Gasteiger charge is -2.20. The first-order chi connectivity index (χ1) is 12.3. The van der Waals surface area contributed by atoms with Crippen LogP contribution in [0.15, 0.2) is 24.8 Å². The molecule has 0 spiro atoms. The molecule has 4 nitrogen and oxygen atoms in total. The molecule has 0 aromatic carbocycles. The van der Waals surface area contributed by atoms with Gasteiger partial charge in [-0.3, -0.25) is 9.05 Å². The largest absolute Gasteiger partial charge is 0.472 e. The highest BCUT2D eigenvalue weighted by molar-refractivity contribution is 7.47. The summed E-state index contributed by atoms with van der Waals surface area (Å²) in [6, 6.07) is 0. The van der Waals surface area contributed by atoms with Crippen LogP contribution in [-0.2, 0) is 13.6 Å². The van der Waals surface area contributed by atoms with Gasteiger partial charge in [0.25, 0.3) is 0 Å². The number of rotatable bonds is 15. The van der Waals surface area contributed by atoms with Crippen LogP contribution in [0.5, 0.6) is 0 Å². The molecule has 0 saturated carbocycles. The van der Waals surface area contributed by atoms with Crippen LogP contribution < -0.4 is 0 Å². The Morgan fingerprint density at radius 3 is 1.58 bits per heavy atom. The maximum absolute atomic E-state index is 11.9. The number of unbranched alkanes of at least 4 members (excludes halogenated alkanes) is 2. The summed E-state index contributed by atoms with van der Waals surface area (Å²) < 4.78 is 22.2. The third kappa shape index (κ3) is 18.4. The zero-order valence-corrected chi connectivity index (χ0v) is 18.7. The van der Waals surface area contributed by atoms with Gasteiger partial charge in [-0.15, -0.1) is 0 Å². The van der Waals surface area contributed by atoms with Crippen LogP contribution >= 0.6 is 7.82 Å². The van der Waals surface area contributed by atoms with E-state index in [0.717, 1.165) is 56.9 Å². The van der Waals surface area contributed by atoms with Crippen molar-refractivity contribution in [2.24, 2.45) is 11.8 Å². The molecule has 5 heteroatoms. The maximum Gasteiger partial charge on any atom is 0.472 e. The highest BCUT2D eigenvalue weighted by atomic mass is 31.2. The van der Waals surface area contributed by atoms with Gasteiger partial charge in [0.1, 0.15) is 0 Å². The molecule has 0 aliphatic carbocycles. The molecule has 0 saturated heterocycles. The van der Waals surface area contributed by atoms with Crippen LogP contribution in [0.3, 0.4) is 0 Å². The van der Waals surface area contributed by atoms with E-state index in [-0.39, 0.29) is 0 Å². The fourth-order valence-electron chi connectivity index (χ4n) is 2.23. The molecule has 0 aromatic rings. The second-order valence-corrected chi connectivity index (χ2v) is 8.40. The predicted octanol–water partition coefficient (Wildman–Crippen LogP) is 7.30. The average molecular weight is 391 g/mol. The number of hydrogen-bond acceptors (Lipinski definition) is 3. The molecule has 0 heterocycles. The standard InChI is InChI=1S/C16H35O4P.C5H8/c1-5-9-11-15(7-3)13-19-21(17,18)20-14-16(8-4)12-10-6-2;1-4-5(2)3/h15-16H,5-14H2,1-4H3,(H,17,18);4H,1-2H2,3H3. The van der Waals surface area contributed by atoms with Gasteiger partial charge in [-0.2, -0.15) is 0 Å². The van der Waals surface area contributed by atoms with Crippen LogP contribution in [-0.4, -0.2) is 18.1 Å². The van der Waals surface area contributed by atoms with Gasteiger partial charge in [-0.05, 0) is 31.6 Å². The van der Waals surface area contributed by atoms with Crippen molar-refractivity contribution in [2.75, 3.05) is 13.2 Å². The average Bonchev–Trinajstić information content (AvgIpc) is 2.62. The minimum absolute atomic E-state index is 0.316. The topological polar surface area (TPSA) is 55.8 Å². The minimum atomic E-state index is -3.89. The molecule has 1 N–H and O–H groups in total. The van der Waals surface area contributed by atoms with Crippen LogP contribution in [0.4, 0.5) is 0 Å². The van der Waals surface area contributed by atoms with Crippen LogP contribution in [0.25, 0.3) is 0 Å². The van der Waals surface area contributed by atoms with Gasteiger partial charge >= 0.3 is 7.82 Å². The summed E-state index contributed by atoms with van der Waals surface area (Å²) in [5.41, 5.74) is 1.02. The van der Waals surface area contributed by atoms with Gasteiger partial charge in [0.15, 0.2) is 0 Å². The summed E-state index contributed by atoms with van der Waals surface area (Å²) in [7, 11) is -3.89. The van der Waals surface area contributed by atoms with Gasteiger partial charge in [0.2, 0.25) is 0 Å². The molecule has 2 unspecified atom stereocenters. The van der Waals surface area contributed by atoms with Crippen molar-refractivity contribution in [3.63, 3.8) is 0 Å². The van der Waals surface area contributed by atoms with E-state index < -0.39 is 7.82 Å². The van der Waals surface area contributed by atoms with E-state index in [1.54, 1.807) is 6.08 Å². The van der Waals surface area contributed by atoms with Crippen molar-refractivity contribution in [1.82, 2.24) is 0 Å². The minimum Gasteiger partial charge on any atom is -0.302 e. The monoisotopic (exact) mass is 390 g/mol. The van der Waals surface area contributed by atoms with Crippen LogP contribution in [0, 0.1) is 11.8 Å². The van der Waals surface area contributed by atoms with Crippen molar-refractivity contribution in [3.8, 4) is 0 Å². The molecule has 0 aliphatic rings. The van der Waals surface area contributed by atoms with E-state index in [0.29, 0.717) is 25.0 Å². The highest BCUT2D eigenvalue weighted by Gasteiger charge is 2.24. The van der Waals surface area contributed by atoms with Crippen molar-refractivity contribution in [1.29, 1.82) is 0 Å². The lowest BCUT2D eigenvalue weighted by molar-refractivity contribution is 0.110. The van der Waals surface area contributed by atoms with Crippen molar-refractivity contribution >= 4 is 7.82 Å². The molecule has 0 fully saturated rings. The Hall–Kier alpha value is -0.410. The Bertz CT molecular complexity index is 371. The lowest BCUT2D eigenvalue weighted by Crippen LogP contribution is -2.12. The van der Waals surface area contributed by atoms with Crippen LogP contribution in [0.1, 0.15) is 86.0 Å².